The molecule has 258 valence electrons. The average molecular weight is 649 g/mol. The molecule has 3 aliphatic carbocycles. The number of aliphatic hydroxyl groups excluding tert-OH is 5. The van der Waals surface area contributed by atoms with Crippen molar-refractivity contribution >= 4 is 5.78 Å². The third-order valence-corrected chi connectivity index (χ3v) is 13.3. The SMILES string of the molecule is Cc1c(O)c(OC2OC(CO)C(O)C(O)C2O)cc2c1CC[C@H]1[C@]3(C)C[C@@H](O)[C@H]([C@@](C)(O)C4CCC(C)(C)O4)[C@@]3(C)CC(=O)[C@]21C. The third kappa shape index (κ3) is 4.56. The number of phenols is 1. The summed E-state index contributed by atoms with van der Waals surface area (Å²) in [6.45, 7) is 13.0. The summed E-state index contributed by atoms with van der Waals surface area (Å²) in [5, 5.41) is 75.9. The van der Waals surface area contributed by atoms with Crippen LogP contribution in [0.2, 0.25) is 0 Å². The lowest BCUT2D eigenvalue weighted by atomic mass is 9.41. The number of Topliss-reactive ketones (excluding diaryl/α,β-unsaturated/α-hetero) is 1. The Kier molecular flexibility index (Phi) is 8.02. The highest BCUT2D eigenvalue weighted by Gasteiger charge is 2.73. The number of aromatic hydroxyl groups is 1. The average Bonchev–Trinajstić information content (AvgIpc) is 3.45. The molecule has 11 nitrogen and oxygen atoms in total. The van der Waals surface area contributed by atoms with Crippen LogP contribution in [-0.2, 0) is 26.1 Å². The van der Waals surface area contributed by atoms with Gasteiger partial charge in [-0.1, -0.05) is 13.8 Å². The Bertz CT molecular complexity index is 1390. The Balaban J connectivity index is 1.38. The number of fused-ring (bicyclic) bond motifs is 5. The molecule has 13 atom stereocenters. The van der Waals surface area contributed by atoms with Crippen molar-refractivity contribution in [2.24, 2.45) is 22.7 Å². The molecule has 6 unspecified atom stereocenters. The van der Waals surface area contributed by atoms with Gasteiger partial charge in [-0.15, -0.1) is 0 Å². The largest absolute Gasteiger partial charge is 0.504 e. The maximum absolute atomic E-state index is 14.7. The molecule has 0 spiro atoms. The van der Waals surface area contributed by atoms with Crippen LogP contribution >= 0.6 is 0 Å². The number of benzene rings is 1. The first-order valence-corrected chi connectivity index (χ1v) is 16.7. The van der Waals surface area contributed by atoms with Crippen LogP contribution in [0.25, 0.3) is 0 Å². The fraction of sp³-hybridized carbons (Fsp3) is 0.800. The molecule has 6 rings (SSSR count). The van der Waals surface area contributed by atoms with Crippen molar-refractivity contribution in [2.45, 2.75) is 147 Å². The normalized spacial score (nSPS) is 46.3. The molecule has 4 fully saturated rings. The lowest BCUT2D eigenvalue weighted by Crippen LogP contribution is -2.64. The summed E-state index contributed by atoms with van der Waals surface area (Å²) in [7, 11) is 0. The predicted octanol–water partition coefficient (Wildman–Crippen LogP) is 1.77. The Morgan fingerprint density at radius 3 is 2.30 bits per heavy atom. The summed E-state index contributed by atoms with van der Waals surface area (Å²) in [6.07, 6.45) is -5.69. The Hall–Kier alpha value is -1.83. The van der Waals surface area contributed by atoms with E-state index in [-0.39, 0.29) is 35.2 Å². The number of phenolic OH excluding ortho intramolecular Hbond substituents is 1. The van der Waals surface area contributed by atoms with Crippen LogP contribution in [0.4, 0.5) is 0 Å². The summed E-state index contributed by atoms with van der Waals surface area (Å²) >= 11 is 0. The highest BCUT2D eigenvalue weighted by molar-refractivity contribution is 5.93. The van der Waals surface area contributed by atoms with E-state index in [2.05, 4.69) is 6.92 Å². The number of aliphatic hydroxyl groups is 6. The zero-order chi connectivity index (χ0) is 33.9. The molecule has 2 heterocycles. The molecule has 1 aromatic rings. The number of rotatable bonds is 5. The van der Waals surface area contributed by atoms with Gasteiger partial charge in [-0.25, -0.2) is 0 Å². The van der Waals surface area contributed by atoms with Crippen molar-refractivity contribution in [1.29, 1.82) is 0 Å². The molecule has 2 saturated heterocycles. The van der Waals surface area contributed by atoms with Gasteiger partial charge in [0.05, 0.1) is 35.4 Å². The van der Waals surface area contributed by atoms with Crippen LogP contribution in [-0.4, -0.2) is 102 Å². The first-order valence-electron chi connectivity index (χ1n) is 16.7. The molecule has 1 aromatic carbocycles. The lowest BCUT2D eigenvalue weighted by molar-refractivity contribution is -0.277. The van der Waals surface area contributed by atoms with E-state index >= 15 is 0 Å². The van der Waals surface area contributed by atoms with Gasteiger partial charge in [0.2, 0.25) is 6.29 Å². The smallest absolute Gasteiger partial charge is 0.229 e. The first kappa shape index (κ1) is 34.0. The summed E-state index contributed by atoms with van der Waals surface area (Å²) < 4.78 is 17.8. The van der Waals surface area contributed by atoms with Gasteiger partial charge in [0.25, 0.3) is 0 Å². The van der Waals surface area contributed by atoms with Crippen molar-refractivity contribution in [3.63, 3.8) is 0 Å². The van der Waals surface area contributed by atoms with Crippen LogP contribution in [0.3, 0.4) is 0 Å². The van der Waals surface area contributed by atoms with Crippen molar-refractivity contribution in [1.82, 2.24) is 0 Å². The Morgan fingerprint density at radius 2 is 1.70 bits per heavy atom. The van der Waals surface area contributed by atoms with E-state index in [0.29, 0.717) is 36.8 Å². The van der Waals surface area contributed by atoms with Gasteiger partial charge < -0.3 is 50.0 Å². The molecule has 46 heavy (non-hydrogen) atoms. The second-order valence-corrected chi connectivity index (χ2v) is 16.3. The first-order chi connectivity index (χ1) is 21.2. The van der Waals surface area contributed by atoms with Crippen molar-refractivity contribution in [2.75, 3.05) is 6.61 Å². The summed E-state index contributed by atoms with van der Waals surface area (Å²) in [4.78, 5) is 14.7. The molecule has 5 aliphatic rings. The second-order valence-electron chi connectivity index (χ2n) is 16.3. The standard InChI is InChI=1S/C35H52O11/c1-16-17-8-9-22-32(4)13-19(37)29(35(7,43)24-10-11-31(2,3)46-24)33(32,5)14-23(38)34(22,6)18(17)12-20(25(16)39)44-30-28(42)27(41)26(40)21(15-36)45-30/h12,19,21-22,24,26-30,36-37,39-43H,8-11,13-15H2,1-7H3/t19-,21?,22+,24?,26?,27?,28?,29+,30?,32+,33-,34-,35+/m1/s1. The van der Waals surface area contributed by atoms with Crippen molar-refractivity contribution in [3.05, 3.63) is 22.8 Å². The van der Waals surface area contributed by atoms with E-state index in [9.17, 15) is 40.5 Å². The molecule has 0 aromatic heterocycles. The van der Waals surface area contributed by atoms with Crippen molar-refractivity contribution < 1.29 is 54.8 Å². The zero-order valence-electron chi connectivity index (χ0n) is 28.0. The Morgan fingerprint density at radius 1 is 1.02 bits per heavy atom. The van der Waals surface area contributed by atoms with Gasteiger partial charge in [0, 0.05) is 12.3 Å². The van der Waals surface area contributed by atoms with Gasteiger partial charge in [-0.05, 0) is 106 Å². The lowest BCUT2D eigenvalue weighted by Gasteiger charge is -2.62. The van der Waals surface area contributed by atoms with Gasteiger partial charge in [-0.3, -0.25) is 4.79 Å². The van der Waals surface area contributed by atoms with Crippen LogP contribution in [0, 0.1) is 29.6 Å². The Labute approximate surface area is 270 Å². The van der Waals surface area contributed by atoms with E-state index in [4.69, 9.17) is 14.2 Å². The fourth-order valence-corrected chi connectivity index (χ4v) is 10.6. The summed E-state index contributed by atoms with van der Waals surface area (Å²) in [6, 6.07) is 1.61. The maximum Gasteiger partial charge on any atom is 0.229 e. The molecule has 2 saturated carbocycles. The molecule has 11 heteroatoms. The number of carbonyl (C=O) groups is 1. The van der Waals surface area contributed by atoms with E-state index < -0.39 is 77.3 Å². The van der Waals surface area contributed by atoms with E-state index in [0.717, 1.165) is 12.0 Å². The van der Waals surface area contributed by atoms with E-state index in [1.807, 2.05) is 27.7 Å². The molecular formula is C35H52O11. The summed E-state index contributed by atoms with van der Waals surface area (Å²) in [5.41, 5.74) is -1.98. The third-order valence-electron chi connectivity index (χ3n) is 13.3. The molecular weight excluding hydrogens is 596 g/mol. The summed E-state index contributed by atoms with van der Waals surface area (Å²) in [5.74, 6) is -1.07. The second kappa shape index (κ2) is 10.8. The van der Waals surface area contributed by atoms with Gasteiger partial charge in [0.15, 0.2) is 11.5 Å². The highest BCUT2D eigenvalue weighted by atomic mass is 16.7. The van der Waals surface area contributed by atoms with E-state index in [1.165, 1.54) is 0 Å². The number of hydrogen-bond donors (Lipinski definition) is 7. The monoisotopic (exact) mass is 648 g/mol. The van der Waals surface area contributed by atoms with Crippen LogP contribution in [0.1, 0.15) is 90.3 Å². The van der Waals surface area contributed by atoms with Crippen LogP contribution < -0.4 is 4.74 Å². The quantitative estimate of drug-likeness (QED) is 0.247. The fourth-order valence-electron chi connectivity index (χ4n) is 10.6. The topological polar surface area (TPSA) is 186 Å². The highest BCUT2D eigenvalue weighted by Crippen LogP contribution is 2.72. The van der Waals surface area contributed by atoms with Crippen LogP contribution in [0.5, 0.6) is 11.5 Å². The van der Waals surface area contributed by atoms with Crippen LogP contribution in [0.15, 0.2) is 6.07 Å². The van der Waals surface area contributed by atoms with Gasteiger partial charge in [0.1, 0.15) is 30.2 Å². The van der Waals surface area contributed by atoms with Gasteiger partial charge >= 0.3 is 0 Å². The minimum atomic E-state index is -1.67. The number of carbonyl (C=O) groups excluding carboxylic acids is 1. The molecule has 0 bridgehead atoms. The molecule has 0 amide bonds. The van der Waals surface area contributed by atoms with Crippen molar-refractivity contribution in [3.8, 4) is 11.5 Å². The van der Waals surface area contributed by atoms with Gasteiger partial charge in [-0.2, -0.15) is 0 Å². The molecule has 0 radical (unpaired) electrons. The number of hydrogen-bond acceptors (Lipinski definition) is 11. The number of ketones is 1. The maximum atomic E-state index is 14.7. The minimum absolute atomic E-state index is 0.0233. The molecule has 7 N–H and O–H groups in total. The zero-order valence-corrected chi connectivity index (χ0v) is 28.0. The number of ether oxygens (including phenoxy) is 3. The minimum Gasteiger partial charge on any atom is -0.504 e. The predicted molar refractivity (Wildman–Crippen MR) is 165 cm³/mol. The van der Waals surface area contributed by atoms with E-state index in [1.54, 1.807) is 19.9 Å². The molecule has 2 aliphatic heterocycles.